The van der Waals surface area contributed by atoms with E-state index >= 15 is 0 Å². The highest BCUT2D eigenvalue weighted by molar-refractivity contribution is 5.90. The molecule has 2 atom stereocenters. The van der Waals surface area contributed by atoms with Gasteiger partial charge in [0.1, 0.15) is 17.9 Å². The number of carboxylic acid groups (broad SMARTS) is 1. The zero-order chi connectivity index (χ0) is 15.0. The van der Waals surface area contributed by atoms with Crippen LogP contribution in [0.2, 0.25) is 0 Å². The highest BCUT2D eigenvalue weighted by atomic mass is 16.5. The number of carboxylic acids is 1. The summed E-state index contributed by atoms with van der Waals surface area (Å²) >= 11 is 0. The average molecular weight is 279 g/mol. The van der Waals surface area contributed by atoms with Crippen LogP contribution in [0.1, 0.15) is 44.0 Å². The van der Waals surface area contributed by atoms with Gasteiger partial charge in [-0.15, -0.1) is 0 Å². The summed E-state index contributed by atoms with van der Waals surface area (Å²) < 4.78 is 5.54. The van der Waals surface area contributed by atoms with Gasteiger partial charge < -0.3 is 15.2 Å². The fourth-order valence-corrected chi connectivity index (χ4v) is 2.09. The molecule has 0 aliphatic rings. The number of nitrogens with one attached hydrogen (secondary N) is 1. The van der Waals surface area contributed by atoms with Gasteiger partial charge in [-0.3, -0.25) is 0 Å². The van der Waals surface area contributed by atoms with E-state index in [9.17, 15) is 4.79 Å². The number of carbonyl (C=O) groups is 1. The van der Waals surface area contributed by atoms with Crippen LogP contribution in [0.4, 0.5) is 0 Å². The molecule has 20 heavy (non-hydrogen) atoms. The molecule has 0 fully saturated rings. The third-order valence-electron chi connectivity index (χ3n) is 3.42. The van der Waals surface area contributed by atoms with Crippen molar-refractivity contribution in [3.05, 3.63) is 29.8 Å². The van der Waals surface area contributed by atoms with Gasteiger partial charge in [-0.1, -0.05) is 32.4 Å². The maximum atomic E-state index is 11.0. The molecule has 0 aliphatic carbocycles. The summed E-state index contributed by atoms with van der Waals surface area (Å²) in [6, 6.07) is 7.16. The first-order chi connectivity index (χ1) is 9.54. The van der Waals surface area contributed by atoms with Gasteiger partial charge >= 0.3 is 5.97 Å². The van der Waals surface area contributed by atoms with E-state index in [-0.39, 0.29) is 5.56 Å². The van der Waals surface area contributed by atoms with E-state index in [1.165, 1.54) is 6.42 Å². The van der Waals surface area contributed by atoms with Gasteiger partial charge in [0.15, 0.2) is 0 Å². The van der Waals surface area contributed by atoms with Gasteiger partial charge in [0.25, 0.3) is 0 Å². The Hall–Kier alpha value is -1.55. The van der Waals surface area contributed by atoms with Gasteiger partial charge in [0.2, 0.25) is 0 Å². The predicted molar refractivity (Wildman–Crippen MR) is 80.4 cm³/mol. The molecule has 0 radical (unpaired) electrons. The molecule has 2 unspecified atom stereocenters. The Kier molecular flexibility index (Phi) is 7.09. The molecule has 4 nitrogen and oxygen atoms in total. The van der Waals surface area contributed by atoms with Crippen LogP contribution in [0.25, 0.3) is 0 Å². The minimum atomic E-state index is -0.960. The van der Waals surface area contributed by atoms with Crippen molar-refractivity contribution in [2.24, 2.45) is 5.92 Å². The van der Waals surface area contributed by atoms with Crippen molar-refractivity contribution in [1.82, 2.24) is 5.32 Å². The summed E-state index contributed by atoms with van der Waals surface area (Å²) in [5, 5.41) is 12.4. The average Bonchev–Trinajstić information content (AvgIpc) is 2.43. The predicted octanol–water partition coefficient (Wildman–Crippen LogP) is 3.18. The molecule has 0 aliphatic heterocycles. The molecule has 0 saturated heterocycles. The molecular weight excluding hydrogens is 254 g/mol. The Morgan fingerprint density at radius 1 is 1.35 bits per heavy atom. The molecule has 4 heteroatoms. The largest absolute Gasteiger partial charge is 0.491 e. The summed E-state index contributed by atoms with van der Waals surface area (Å²) in [6.45, 7) is 7.79. The summed E-state index contributed by atoms with van der Waals surface area (Å²) in [4.78, 5) is 11.0. The maximum absolute atomic E-state index is 11.0. The first-order valence-corrected chi connectivity index (χ1v) is 7.23. The van der Waals surface area contributed by atoms with Crippen LogP contribution in [-0.4, -0.2) is 30.3 Å². The van der Waals surface area contributed by atoms with E-state index in [0.29, 0.717) is 30.9 Å². The van der Waals surface area contributed by atoms with E-state index in [1.54, 1.807) is 24.3 Å². The van der Waals surface area contributed by atoms with Crippen LogP contribution in [0.15, 0.2) is 24.3 Å². The lowest BCUT2D eigenvalue weighted by Crippen LogP contribution is -2.31. The van der Waals surface area contributed by atoms with E-state index in [2.05, 4.69) is 26.1 Å². The van der Waals surface area contributed by atoms with Gasteiger partial charge in [-0.2, -0.15) is 0 Å². The topological polar surface area (TPSA) is 58.6 Å². The number of rotatable bonds is 9. The number of ether oxygens (including phenoxy) is 1. The normalized spacial score (nSPS) is 13.8. The van der Waals surface area contributed by atoms with Crippen molar-refractivity contribution >= 4 is 5.97 Å². The Labute approximate surface area is 121 Å². The number of para-hydroxylation sites is 1. The van der Waals surface area contributed by atoms with Crippen LogP contribution in [0, 0.1) is 5.92 Å². The number of aromatic carboxylic acids is 1. The Morgan fingerprint density at radius 3 is 2.70 bits per heavy atom. The van der Waals surface area contributed by atoms with Gasteiger partial charge in [-0.05, 0) is 31.4 Å². The fourth-order valence-electron chi connectivity index (χ4n) is 2.09. The first-order valence-electron chi connectivity index (χ1n) is 7.23. The van der Waals surface area contributed by atoms with Crippen molar-refractivity contribution in [2.45, 2.75) is 39.7 Å². The molecular formula is C16H25NO3. The second-order valence-electron chi connectivity index (χ2n) is 5.25. The minimum absolute atomic E-state index is 0.208. The smallest absolute Gasteiger partial charge is 0.339 e. The molecule has 0 amide bonds. The molecule has 0 heterocycles. The summed E-state index contributed by atoms with van der Waals surface area (Å²) in [5.74, 6) is 0.182. The molecule has 0 saturated carbocycles. The molecule has 0 spiro atoms. The minimum Gasteiger partial charge on any atom is -0.491 e. The number of hydrogen-bond acceptors (Lipinski definition) is 3. The maximum Gasteiger partial charge on any atom is 0.339 e. The lowest BCUT2D eigenvalue weighted by Gasteiger charge is -2.17. The quantitative estimate of drug-likeness (QED) is 0.682. The second-order valence-corrected chi connectivity index (χ2v) is 5.25. The fraction of sp³-hybridized carbons (Fsp3) is 0.562. The van der Waals surface area contributed by atoms with Gasteiger partial charge in [0.05, 0.1) is 0 Å². The Balaban J connectivity index is 2.33. The van der Waals surface area contributed by atoms with Crippen LogP contribution in [0.5, 0.6) is 5.75 Å². The van der Waals surface area contributed by atoms with Crippen molar-refractivity contribution in [3.63, 3.8) is 0 Å². The van der Waals surface area contributed by atoms with E-state index in [1.807, 2.05) is 0 Å². The summed E-state index contributed by atoms with van der Waals surface area (Å²) in [6.07, 6.45) is 2.33. The monoisotopic (exact) mass is 279 g/mol. The van der Waals surface area contributed by atoms with E-state index < -0.39 is 5.97 Å². The van der Waals surface area contributed by atoms with Gasteiger partial charge in [0, 0.05) is 12.6 Å². The number of benzene rings is 1. The van der Waals surface area contributed by atoms with Crippen molar-refractivity contribution in [3.8, 4) is 5.75 Å². The molecule has 1 aromatic carbocycles. The molecule has 1 aromatic rings. The molecule has 1 rings (SSSR count). The lowest BCUT2D eigenvalue weighted by molar-refractivity contribution is 0.0692. The van der Waals surface area contributed by atoms with E-state index in [4.69, 9.17) is 9.84 Å². The highest BCUT2D eigenvalue weighted by Crippen LogP contribution is 2.17. The van der Waals surface area contributed by atoms with Crippen LogP contribution < -0.4 is 10.1 Å². The summed E-state index contributed by atoms with van der Waals surface area (Å²) in [7, 11) is 0. The standard InChI is InChI=1S/C16H25NO3/c1-4-12(2)11-13(3)17-9-10-20-15-8-6-5-7-14(15)16(18)19/h5-8,12-13,17H,4,9-11H2,1-3H3,(H,18,19). The SMILES string of the molecule is CCC(C)CC(C)NCCOc1ccccc1C(=O)O. The highest BCUT2D eigenvalue weighted by Gasteiger charge is 2.10. The van der Waals surface area contributed by atoms with Crippen LogP contribution in [0.3, 0.4) is 0 Å². The molecule has 112 valence electrons. The van der Waals surface area contributed by atoms with Crippen LogP contribution >= 0.6 is 0 Å². The van der Waals surface area contributed by atoms with Crippen LogP contribution in [-0.2, 0) is 0 Å². The van der Waals surface area contributed by atoms with Crippen molar-refractivity contribution in [1.29, 1.82) is 0 Å². The third kappa shape index (κ3) is 5.61. The van der Waals surface area contributed by atoms with E-state index in [0.717, 1.165) is 6.42 Å². The zero-order valence-electron chi connectivity index (χ0n) is 12.6. The third-order valence-corrected chi connectivity index (χ3v) is 3.42. The Morgan fingerprint density at radius 2 is 2.05 bits per heavy atom. The van der Waals surface area contributed by atoms with Gasteiger partial charge in [-0.25, -0.2) is 4.79 Å². The van der Waals surface area contributed by atoms with Crippen molar-refractivity contribution < 1.29 is 14.6 Å². The number of hydrogen-bond donors (Lipinski definition) is 2. The molecule has 0 bridgehead atoms. The van der Waals surface area contributed by atoms with Crippen molar-refractivity contribution in [2.75, 3.05) is 13.2 Å². The molecule has 0 aromatic heterocycles. The zero-order valence-corrected chi connectivity index (χ0v) is 12.6. The lowest BCUT2D eigenvalue weighted by atomic mass is 10.0. The second kappa shape index (κ2) is 8.59. The first kappa shape index (κ1) is 16.5. The summed E-state index contributed by atoms with van der Waals surface area (Å²) in [5.41, 5.74) is 0.208. The Bertz CT molecular complexity index is 420. The molecule has 2 N–H and O–H groups in total.